The van der Waals surface area contributed by atoms with Gasteiger partial charge in [0.2, 0.25) is 0 Å². The number of rotatable bonds is 8. The van der Waals surface area contributed by atoms with Crippen molar-refractivity contribution in [2.45, 2.75) is 45.6 Å². The molecule has 0 saturated carbocycles. The second-order valence-corrected chi connectivity index (χ2v) is 7.18. The fourth-order valence-electron chi connectivity index (χ4n) is 3.43. The quantitative estimate of drug-likeness (QED) is 0.732. The van der Waals surface area contributed by atoms with E-state index in [0.29, 0.717) is 6.04 Å². The third-order valence-electron chi connectivity index (χ3n) is 5.16. The molecule has 25 heavy (non-hydrogen) atoms. The van der Waals surface area contributed by atoms with Crippen molar-refractivity contribution in [1.29, 1.82) is 0 Å². The maximum Gasteiger partial charge on any atom is 0.317 e. The van der Waals surface area contributed by atoms with Gasteiger partial charge in [0.1, 0.15) is 5.75 Å². The Bertz CT molecular complexity index is 562. The van der Waals surface area contributed by atoms with Gasteiger partial charge in [-0.2, -0.15) is 0 Å². The normalized spacial score (nSPS) is 19.0. The molecule has 140 valence electrons. The van der Waals surface area contributed by atoms with E-state index < -0.39 is 5.97 Å². The average Bonchev–Trinajstić information content (AvgIpc) is 2.80. The summed E-state index contributed by atoms with van der Waals surface area (Å²) in [5.41, 5.74) is 2.56. The van der Waals surface area contributed by atoms with E-state index in [4.69, 9.17) is 9.84 Å². The van der Waals surface area contributed by atoms with Crippen molar-refractivity contribution in [2.24, 2.45) is 0 Å². The van der Waals surface area contributed by atoms with Gasteiger partial charge in [0.15, 0.2) is 0 Å². The highest BCUT2D eigenvalue weighted by Gasteiger charge is 2.21. The number of carboxylic acid groups (broad SMARTS) is 1. The summed E-state index contributed by atoms with van der Waals surface area (Å²) in [6.45, 7) is 8.27. The summed E-state index contributed by atoms with van der Waals surface area (Å²) in [7, 11) is 1.92. The highest BCUT2D eigenvalue weighted by atomic mass is 16.5. The number of nitrogens with zero attached hydrogens (tertiary/aromatic N) is 2. The Labute approximate surface area is 151 Å². The number of hydrogen-bond donors (Lipinski definition) is 1. The molecular weight excluding hydrogens is 316 g/mol. The van der Waals surface area contributed by atoms with Crippen LogP contribution in [0.3, 0.4) is 0 Å². The van der Waals surface area contributed by atoms with Crippen LogP contribution in [0.2, 0.25) is 0 Å². The van der Waals surface area contributed by atoms with Crippen LogP contribution >= 0.6 is 0 Å². The maximum absolute atomic E-state index is 10.9. The van der Waals surface area contributed by atoms with E-state index in [0.717, 1.165) is 57.7 Å². The van der Waals surface area contributed by atoms with Crippen molar-refractivity contribution in [3.63, 3.8) is 0 Å². The Balaban J connectivity index is 1.67. The lowest BCUT2D eigenvalue weighted by molar-refractivity contribution is -0.138. The predicted octanol–water partition coefficient (Wildman–Crippen LogP) is 2.94. The zero-order valence-electron chi connectivity index (χ0n) is 15.8. The van der Waals surface area contributed by atoms with Gasteiger partial charge in [-0.05, 0) is 82.9 Å². The van der Waals surface area contributed by atoms with Crippen LogP contribution in [0.15, 0.2) is 18.2 Å². The maximum atomic E-state index is 10.9. The van der Waals surface area contributed by atoms with E-state index in [1.807, 2.05) is 18.0 Å². The van der Waals surface area contributed by atoms with Crippen LogP contribution in [0.4, 0.5) is 0 Å². The SMILES string of the molecule is Cc1ccc(OCCCN2CCCC(N(C)CC(=O)O)CC2)cc1C. The molecule has 0 spiro atoms. The first-order chi connectivity index (χ1) is 12.0. The largest absolute Gasteiger partial charge is 0.494 e. The van der Waals surface area contributed by atoms with Gasteiger partial charge in [0, 0.05) is 12.6 Å². The molecule has 5 heteroatoms. The Morgan fingerprint density at radius 1 is 1.28 bits per heavy atom. The molecule has 5 nitrogen and oxygen atoms in total. The lowest BCUT2D eigenvalue weighted by atomic mass is 10.1. The zero-order chi connectivity index (χ0) is 18.2. The van der Waals surface area contributed by atoms with Crippen molar-refractivity contribution < 1.29 is 14.6 Å². The summed E-state index contributed by atoms with van der Waals surface area (Å²) in [5, 5.41) is 8.94. The minimum Gasteiger partial charge on any atom is -0.494 e. The summed E-state index contributed by atoms with van der Waals surface area (Å²) < 4.78 is 5.87. The van der Waals surface area contributed by atoms with Crippen molar-refractivity contribution in [2.75, 3.05) is 39.8 Å². The molecule has 0 aromatic heterocycles. The highest BCUT2D eigenvalue weighted by Crippen LogP contribution is 2.18. The number of carboxylic acids is 1. The Kier molecular flexibility index (Phi) is 7.72. The number of ether oxygens (including phenoxy) is 1. The molecule has 1 unspecified atom stereocenters. The first-order valence-corrected chi connectivity index (χ1v) is 9.30. The van der Waals surface area contributed by atoms with E-state index in [9.17, 15) is 4.79 Å². The standard InChI is InChI=1S/C20H32N2O3/c1-16-7-8-19(14-17(16)2)25-13-5-11-22-10-4-6-18(9-12-22)21(3)15-20(23)24/h7-8,14,18H,4-6,9-13,15H2,1-3H3,(H,23,24). The predicted molar refractivity (Wildman–Crippen MR) is 100 cm³/mol. The minimum atomic E-state index is -0.743. The Hall–Kier alpha value is -1.59. The first kappa shape index (κ1) is 19.7. The number of hydrogen-bond acceptors (Lipinski definition) is 4. The lowest BCUT2D eigenvalue weighted by Crippen LogP contribution is -2.36. The fraction of sp³-hybridized carbons (Fsp3) is 0.650. The van der Waals surface area contributed by atoms with E-state index >= 15 is 0 Å². The van der Waals surface area contributed by atoms with Crippen LogP contribution in [-0.2, 0) is 4.79 Å². The van der Waals surface area contributed by atoms with Gasteiger partial charge in [0.25, 0.3) is 0 Å². The number of aryl methyl sites for hydroxylation is 2. The topological polar surface area (TPSA) is 53.0 Å². The number of aliphatic carboxylic acids is 1. The summed E-state index contributed by atoms with van der Waals surface area (Å²) in [5.74, 6) is 0.210. The van der Waals surface area contributed by atoms with Gasteiger partial charge in [-0.15, -0.1) is 0 Å². The Morgan fingerprint density at radius 2 is 2.08 bits per heavy atom. The van der Waals surface area contributed by atoms with Crippen LogP contribution in [0.25, 0.3) is 0 Å². The molecule has 1 aromatic rings. The smallest absolute Gasteiger partial charge is 0.317 e. The van der Waals surface area contributed by atoms with Gasteiger partial charge in [0.05, 0.1) is 13.2 Å². The molecule has 1 fully saturated rings. The third-order valence-corrected chi connectivity index (χ3v) is 5.16. The number of benzene rings is 1. The van der Waals surface area contributed by atoms with Crippen LogP contribution in [0, 0.1) is 13.8 Å². The summed E-state index contributed by atoms with van der Waals surface area (Å²) >= 11 is 0. The summed E-state index contributed by atoms with van der Waals surface area (Å²) in [6.07, 6.45) is 4.27. The molecule has 2 rings (SSSR count). The van der Waals surface area contributed by atoms with Crippen LogP contribution in [-0.4, -0.2) is 66.8 Å². The molecule has 0 radical (unpaired) electrons. The van der Waals surface area contributed by atoms with Crippen LogP contribution in [0.1, 0.15) is 36.8 Å². The fourth-order valence-corrected chi connectivity index (χ4v) is 3.43. The summed E-state index contributed by atoms with van der Waals surface area (Å²) in [4.78, 5) is 15.3. The summed E-state index contributed by atoms with van der Waals surface area (Å²) in [6, 6.07) is 6.63. The highest BCUT2D eigenvalue weighted by molar-refractivity contribution is 5.69. The van der Waals surface area contributed by atoms with Gasteiger partial charge >= 0.3 is 5.97 Å². The van der Waals surface area contributed by atoms with E-state index in [2.05, 4.69) is 30.9 Å². The van der Waals surface area contributed by atoms with Gasteiger partial charge in [-0.1, -0.05) is 6.07 Å². The molecule has 0 aliphatic carbocycles. The first-order valence-electron chi connectivity index (χ1n) is 9.30. The number of likely N-dealkylation sites (N-methyl/N-ethyl adjacent to an activating group) is 1. The van der Waals surface area contributed by atoms with Crippen molar-refractivity contribution in [1.82, 2.24) is 9.80 Å². The molecule has 0 bridgehead atoms. The molecule has 1 saturated heterocycles. The molecule has 1 N–H and O–H groups in total. The number of likely N-dealkylation sites (tertiary alicyclic amines) is 1. The number of carbonyl (C=O) groups is 1. The van der Waals surface area contributed by atoms with Crippen molar-refractivity contribution in [3.8, 4) is 5.75 Å². The molecule has 1 heterocycles. The molecule has 1 aromatic carbocycles. The van der Waals surface area contributed by atoms with Crippen LogP contribution in [0.5, 0.6) is 5.75 Å². The zero-order valence-corrected chi connectivity index (χ0v) is 15.8. The van der Waals surface area contributed by atoms with E-state index in [1.165, 1.54) is 11.1 Å². The second-order valence-electron chi connectivity index (χ2n) is 7.18. The van der Waals surface area contributed by atoms with Gasteiger partial charge < -0.3 is 14.7 Å². The van der Waals surface area contributed by atoms with Gasteiger partial charge in [-0.25, -0.2) is 0 Å². The van der Waals surface area contributed by atoms with Crippen LogP contribution < -0.4 is 4.74 Å². The Morgan fingerprint density at radius 3 is 2.80 bits per heavy atom. The molecule has 1 aliphatic heterocycles. The van der Waals surface area contributed by atoms with Crippen molar-refractivity contribution in [3.05, 3.63) is 29.3 Å². The third kappa shape index (κ3) is 6.67. The van der Waals surface area contributed by atoms with E-state index in [1.54, 1.807) is 0 Å². The molecule has 1 aliphatic rings. The minimum absolute atomic E-state index is 0.133. The van der Waals surface area contributed by atoms with Gasteiger partial charge in [-0.3, -0.25) is 9.69 Å². The molecular formula is C20H32N2O3. The second kappa shape index (κ2) is 9.78. The molecule has 1 atom stereocenters. The lowest BCUT2D eigenvalue weighted by Gasteiger charge is -2.25. The van der Waals surface area contributed by atoms with Crippen molar-refractivity contribution >= 4 is 5.97 Å². The van der Waals surface area contributed by atoms with E-state index in [-0.39, 0.29) is 6.54 Å². The average molecular weight is 348 g/mol. The molecule has 0 amide bonds. The monoisotopic (exact) mass is 348 g/mol.